The molecule has 1 aliphatic carbocycles. The fourth-order valence-electron chi connectivity index (χ4n) is 6.64. The molecule has 2 unspecified atom stereocenters. The van der Waals surface area contributed by atoms with E-state index in [2.05, 4.69) is 40.8 Å². The fourth-order valence-corrected chi connectivity index (χ4v) is 7.84. The van der Waals surface area contributed by atoms with Crippen molar-refractivity contribution in [3.05, 3.63) is 48.2 Å². The van der Waals surface area contributed by atoms with E-state index in [0.717, 1.165) is 36.8 Å². The number of amides is 1. The number of hydrogen-bond acceptors (Lipinski definition) is 8. The summed E-state index contributed by atoms with van der Waals surface area (Å²) in [6, 6.07) is 10.8. The molecule has 14 heteroatoms. The first-order valence-corrected chi connectivity index (χ1v) is 17.3. The fraction of sp³-hybridized carbons (Fsp3) is 0.545. The van der Waals surface area contributed by atoms with Gasteiger partial charge >= 0.3 is 6.18 Å². The highest BCUT2D eigenvalue weighted by atomic mass is 32.2. The first kappa shape index (κ1) is 33.3. The molecule has 0 aromatic carbocycles. The van der Waals surface area contributed by atoms with Crippen LogP contribution >= 0.6 is 10.7 Å². The summed E-state index contributed by atoms with van der Waals surface area (Å²) in [7, 11) is -0.758. The molecule has 3 aromatic heterocycles. The second kappa shape index (κ2) is 12.8. The lowest BCUT2D eigenvalue weighted by atomic mass is 9.86. The maximum atomic E-state index is 14.0. The molecule has 1 amide bonds. The van der Waals surface area contributed by atoms with E-state index in [0.29, 0.717) is 29.0 Å². The number of nitrogens with zero attached hydrogens (tertiary/aromatic N) is 5. The second-order valence-electron chi connectivity index (χ2n) is 13.5. The van der Waals surface area contributed by atoms with Crippen molar-refractivity contribution >= 4 is 33.6 Å². The van der Waals surface area contributed by atoms with E-state index in [1.165, 1.54) is 4.68 Å². The largest absolute Gasteiger partial charge is 0.474 e. The third-order valence-corrected chi connectivity index (χ3v) is 11.2. The van der Waals surface area contributed by atoms with Crippen LogP contribution in [-0.4, -0.2) is 73.6 Å². The quantitative estimate of drug-likeness (QED) is 0.274. The number of pyridine rings is 2. The van der Waals surface area contributed by atoms with E-state index >= 15 is 0 Å². The Balaban J connectivity index is 1.28. The maximum Gasteiger partial charge on any atom is 0.394 e. The van der Waals surface area contributed by atoms with Gasteiger partial charge in [0.2, 0.25) is 5.88 Å². The topological polar surface area (TPSA) is 117 Å². The van der Waals surface area contributed by atoms with Crippen LogP contribution in [0.2, 0.25) is 0 Å². The number of halogens is 3. The van der Waals surface area contributed by atoms with Crippen LogP contribution in [0.15, 0.2) is 47.6 Å². The lowest BCUT2D eigenvalue weighted by molar-refractivity contribution is -0.195. The average Bonchev–Trinajstić information content (AvgIpc) is 3.54. The van der Waals surface area contributed by atoms with Crippen molar-refractivity contribution in [3.63, 3.8) is 0 Å². The number of aliphatic hydroxyl groups excluding tert-OH is 1. The zero-order valence-corrected chi connectivity index (χ0v) is 27.9. The second-order valence-corrected chi connectivity index (χ2v) is 15.3. The van der Waals surface area contributed by atoms with Crippen molar-refractivity contribution in [3.8, 4) is 11.7 Å². The number of hydrogen-bond donors (Lipinski definition) is 3. The molecule has 2 fully saturated rings. The van der Waals surface area contributed by atoms with Gasteiger partial charge in [0.25, 0.3) is 5.91 Å². The van der Waals surface area contributed by atoms with Crippen LogP contribution in [0.4, 0.5) is 24.8 Å². The number of aliphatic hydroxyl groups is 1. The zero-order chi connectivity index (χ0) is 33.6. The smallest absolute Gasteiger partial charge is 0.394 e. The zero-order valence-electron chi connectivity index (χ0n) is 27.0. The third-order valence-electron chi connectivity index (χ3n) is 9.67. The molecule has 3 N–H and O–H groups in total. The summed E-state index contributed by atoms with van der Waals surface area (Å²) in [5, 5.41) is 20.9. The van der Waals surface area contributed by atoms with Gasteiger partial charge in [0, 0.05) is 30.9 Å². The molecule has 3 aromatic rings. The summed E-state index contributed by atoms with van der Waals surface area (Å²) in [5.41, 5.74) is -1.66. The number of alkyl halides is 3. The molecular formula is C33H42F3N7O3S. The normalized spacial score (nSPS) is 24.4. The average molecular weight is 674 g/mol. The first-order chi connectivity index (χ1) is 22.3. The highest BCUT2D eigenvalue weighted by molar-refractivity contribution is 8.13. The van der Waals surface area contributed by atoms with Crippen LogP contribution in [0.1, 0.15) is 70.2 Å². The predicted molar refractivity (Wildman–Crippen MR) is 176 cm³/mol. The Kier molecular flexibility index (Phi) is 9.02. The van der Waals surface area contributed by atoms with Crippen LogP contribution in [0.3, 0.4) is 0 Å². The van der Waals surface area contributed by atoms with Gasteiger partial charge in [0.05, 0.1) is 17.1 Å². The van der Waals surface area contributed by atoms with Crippen LogP contribution in [0, 0.1) is 17.3 Å². The Morgan fingerprint density at radius 1 is 1.19 bits per heavy atom. The highest BCUT2D eigenvalue weighted by Crippen LogP contribution is 2.60. The Morgan fingerprint density at radius 2 is 1.98 bits per heavy atom. The van der Waals surface area contributed by atoms with Gasteiger partial charge in [0.1, 0.15) is 23.3 Å². The van der Waals surface area contributed by atoms with Crippen molar-refractivity contribution < 1.29 is 27.8 Å². The van der Waals surface area contributed by atoms with Gasteiger partial charge in [-0.15, -0.1) is 5.10 Å². The van der Waals surface area contributed by atoms with E-state index < -0.39 is 34.8 Å². The van der Waals surface area contributed by atoms with Gasteiger partial charge < -0.3 is 20.1 Å². The molecule has 1 saturated heterocycles. The van der Waals surface area contributed by atoms with E-state index in [1.807, 2.05) is 30.5 Å². The van der Waals surface area contributed by atoms with E-state index in [9.17, 15) is 23.1 Å². The van der Waals surface area contributed by atoms with Crippen LogP contribution < -0.4 is 19.7 Å². The summed E-state index contributed by atoms with van der Waals surface area (Å²) in [6.07, 6.45) is -2.43. The lowest BCUT2D eigenvalue weighted by Crippen LogP contribution is -2.40. The summed E-state index contributed by atoms with van der Waals surface area (Å²) < 4.78 is 50.2. The molecule has 0 radical (unpaired) electrons. The SMILES string of the molecule is C/C=S1/NC(=O)c2ccc(-n3ccc(OCC(O)CC4(C(F)(F)F)CC4)n3)nc2N2C[C@H](CC2(C)C)[C@@H](C)CCNc2cccc1n2. The molecular weight excluding hydrogens is 631 g/mol. The number of anilines is 2. The van der Waals surface area contributed by atoms with Crippen molar-refractivity contribution in [1.29, 1.82) is 0 Å². The molecule has 0 spiro atoms. The molecule has 4 bridgehead atoms. The Labute approximate surface area is 275 Å². The Hall–Kier alpha value is -3.65. The number of fused-ring (bicyclic) bond motifs is 6. The van der Waals surface area contributed by atoms with E-state index in [1.54, 1.807) is 24.4 Å². The molecule has 254 valence electrons. The molecule has 5 heterocycles. The standard InChI is InChI=1S/C33H42F3N7O3S/c1-5-47-28-8-6-7-25(38-28)37-15-11-21(2)22-17-31(3,4)42(19-22)29-24(30(45)41-47)9-10-26(39-29)43-16-12-27(40-43)46-20-23(44)18-32(13-14-32)33(34,35)36/h5-10,12,16,21-23,44H,11,13-15,17-20H2,1-4H3,(H,37,38)(H,41,45)/t21-,22-,23?,47?/m0/s1. The van der Waals surface area contributed by atoms with Gasteiger partial charge in [-0.1, -0.05) is 13.0 Å². The number of ether oxygens (including phenoxy) is 1. The highest BCUT2D eigenvalue weighted by Gasteiger charge is 2.63. The number of carbonyl (C=O) groups is 1. The van der Waals surface area contributed by atoms with Gasteiger partial charge in [-0.3, -0.25) is 9.52 Å². The van der Waals surface area contributed by atoms with Gasteiger partial charge in [-0.2, -0.15) is 13.2 Å². The van der Waals surface area contributed by atoms with E-state index in [-0.39, 0.29) is 36.8 Å². The molecule has 3 aliphatic rings. The van der Waals surface area contributed by atoms with Crippen LogP contribution in [0.25, 0.3) is 5.82 Å². The monoisotopic (exact) mass is 673 g/mol. The number of nitrogens with one attached hydrogen (secondary N) is 2. The molecule has 10 nitrogen and oxygen atoms in total. The Morgan fingerprint density at radius 3 is 2.70 bits per heavy atom. The summed E-state index contributed by atoms with van der Waals surface area (Å²) in [4.78, 5) is 25.9. The minimum Gasteiger partial charge on any atom is -0.474 e. The molecule has 2 aliphatic heterocycles. The molecule has 1 saturated carbocycles. The number of rotatable bonds is 6. The maximum absolute atomic E-state index is 14.0. The molecule has 6 rings (SSSR count). The summed E-state index contributed by atoms with van der Waals surface area (Å²) in [6.45, 7) is 9.72. The van der Waals surface area contributed by atoms with Crippen molar-refractivity contribution in [2.24, 2.45) is 17.3 Å². The summed E-state index contributed by atoms with van der Waals surface area (Å²) >= 11 is 0. The van der Waals surface area contributed by atoms with Gasteiger partial charge in [-0.25, -0.2) is 14.6 Å². The number of carbonyl (C=O) groups excluding carboxylic acids is 1. The molecule has 4 atom stereocenters. The summed E-state index contributed by atoms with van der Waals surface area (Å²) in [5.74, 6) is 2.44. The van der Waals surface area contributed by atoms with Crippen LogP contribution in [-0.2, 0) is 0 Å². The minimum atomic E-state index is -4.34. The van der Waals surface area contributed by atoms with Crippen molar-refractivity contribution in [1.82, 2.24) is 24.5 Å². The Bertz CT molecular complexity index is 1660. The van der Waals surface area contributed by atoms with Gasteiger partial charge in [0.15, 0.2) is 5.82 Å². The van der Waals surface area contributed by atoms with Gasteiger partial charge in [-0.05, 0) is 105 Å². The van der Waals surface area contributed by atoms with Crippen molar-refractivity contribution in [2.45, 2.75) is 82.6 Å². The lowest BCUT2D eigenvalue weighted by Gasteiger charge is -2.34. The van der Waals surface area contributed by atoms with Crippen molar-refractivity contribution in [2.75, 3.05) is 29.9 Å². The third kappa shape index (κ3) is 6.99. The minimum absolute atomic E-state index is 0.0246. The predicted octanol–water partition coefficient (Wildman–Crippen LogP) is 5.99. The van der Waals surface area contributed by atoms with Crippen LogP contribution in [0.5, 0.6) is 5.88 Å². The first-order valence-electron chi connectivity index (χ1n) is 16.1. The van der Waals surface area contributed by atoms with E-state index in [4.69, 9.17) is 14.7 Å². The number of aromatic nitrogens is 4. The molecule has 47 heavy (non-hydrogen) atoms.